The van der Waals surface area contributed by atoms with E-state index in [1.165, 1.54) is 35.6 Å². The van der Waals surface area contributed by atoms with Crippen molar-refractivity contribution in [2.75, 3.05) is 30.8 Å². The lowest BCUT2D eigenvalue weighted by Gasteiger charge is -2.28. The van der Waals surface area contributed by atoms with Gasteiger partial charge in [0.2, 0.25) is 10.0 Å². The lowest BCUT2D eigenvalue weighted by molar-refractivity contribution is 0.0964. The molecular weight excluding hydrogens is 474 g/mol. The number of anilines is 1. The third-order valence-corrected chi connectivity index (χ3v) is 7.32. The summed E-state index contributed by atoms with van der Waals surface area (Å²) in [5.74, 6) is -0.776. The van der Waals surface area contributed by atoms with E-state index >= 15 is 0 Å². The van der Waals surface area contributed by atoms with Crippen LogP contribution in [-0.4, -0.2) is 52.9 Å². The highest BCUT2D eigenvalue weighted by Crippen LogP contribution is 2.40. The standard InChI is InChI=1S/C24H28BFN2O6S/c1-14(2)18-9-19-21(10-20(18)28(35(4,31)32)12-15-11-25(30)33-13-15)34-23(22(19)24(29)27-3)16-5-7-17(26)8-6-16/h5-10,14-15,30H,11-13H2,1-4H3,(H,27,29). The average molecular weight is 502 g/mol. The number of furan rings is 1. The summed E-state index contributed by atoms with van der Waals surface area (Å²) in [6.07, 6.45) is 1.47. The quantitative estimate of drug-likeness (QED) is 0.478. The van der Waals surface area contributed by atoms with Crippen LogP contribution in [0.5, 0.6) is 0 Å². The van der Waals surface area contributed by atoms with Gasteiger partial charge in [0.25, 0.3) is 5.91 Å². The Morgan fingerprint density at radius 3 is 2.51 bits per heavy atom. The summed E-state index contributed by atoms with van der Waals surface area (Å²) in [6.45, 7) is 4.26. The van der Waals surface area contributed by atoms with Crippen molar-refractivity contribution in [2.24, 2.45) is 5.92 Å². The zero-order chi connectivity index (χ0) is 25.5. The number of halogens is 1. The first-order valence-corrected chi connectivity index (χ1v) is 13.2. The molecule has 1 unspecified atom stereocenters. The number of nitrogens with zero attached hydrogens (tertiary/aromatic N) is 1. The molecule has 1 saturated heterocycles. The minimum absolute atomic E-state index is 0.0780. The molecule has 2 N–H and O–H groups in total. The number of hydrogen-bond donors (Lipinski definition) is 2. The average Bonchev–Trinajstić information content (AvgIpc) is 3.38. The molecule has 0 aliphatic carbocycles. The highest BCUT2D eigenvalue weighted by atomic mass is 32.2. The van der Waals surface area contributed by atoms with Gasteiger partial charge in [-0.2, -0.15) is 0 Å². The van der Waals surface area contributed by atoms with Crippen molar-refractivity contribution in [2.45, 2.75) is 26.1 Å². The van der Waals surface area contributed by atoms with Crippen LogP contribution in [-0.2, 0) is 14.7 Å². The maximum atomic E-state index is 13.5. The van der Waals surface area contributed by atoms with Crippen molar-refractivity contribution < 1.29 is 31.7 Å². The van der Waals surface area contributed by atoms with Crippen LogP contribution in [0.15, 0.2) is 40.8 Å². The fourth-order valence-corrected chi connectivity index (χ4v) is 5.42. The molecule has 0 radical (unpaired) electrons. The number of benzene rings is 2. The number of hydrogen-bond acceptors (Lipinski definition) is 6. The van der Waals surface area contributed by atoms with Crippen LogP contribution >= 0.6 is 0 Å². The third-order valence-electron chi connectivity index (χ3n) is 6.17. The number of carbonyl (C=O) groups is 1. The molecule has 8 nitrogen and oxygen atoms in total. The molecule has 1 aromatic heterocycles. The molecule has 4 rings (SSSR count). The van der Waals surface area contributed by atoms with Crippen LogP contribution in [0.1, 0.15) is 35.7 Å². The molecule has 1 atom stereocenters. The molecule has 1 aliphatic heterocycles. The predicted octanol–water partition coefficient (Wildman–Crippen LogP) is 3.61. The maximum absolute atomic E-state index is 13.5. The van der Waals surface area contributed by atoms with Crippen molar-refractivity contribution in [1.82, 2.24) is 5.32 Å². The van der Waals surface area contributed by atoms with Gasteiger partial charge in [0, 0.05) is 37.2 Å². The van der Waals surface area contributed by atoms with E-state index in [0.717, 1.165) is 11.8 Å². The largest absolute Gasteiger partial charge is 0.455 e. The highest BCUT2D eigenvalue weighted by molar-refractivity contribution is 7.92. The summed E-state index contributed by atoms with van der Waals surface area (Å²) in [5.41, 5.74) is 2.31. The Bertz CT molecular complexity index is 1360. The Labute approximate surface area is 204 Å². The van der Waals surface area contributed by atoms with Gasteiger partial charge >= 0.3 is 7.12 Å². The van der Waals surface area contributed by atoms with E-state index in [2.05, 4.69) is 5.32 Å². The van der Waals surface area contributed by atoms with Crippen molar-refractivity contribution in [3.8, 4) is 11.3 Å². The van der Waals surface area contributed by atoms with Crippen LogP contribution < -0.4 is 9.62 Å². The zero-order valence-corrected chi connectivity index (χ0v) is 20.9. The Balaban J connectivity index is 1.93. The lowest BCUT2D eigenvalue weighted by Crippen LogP contribution is -2.35. The number of amides is 1. The zero-order valence-electron chi connectivity index (χ0n) is 20.0. The number of carbonyl (C=O) groups excluding carboxylic acids is 1. The number of fused-ring (bicyclic) bond motifs is 1. The van der Waals surface area contributed by atoms with Gasteiger partial charge in [0.15, 0.2) is 0 Å². The molecule has 35 heavy (non-hydrogen) atoms. The molecule has 1 fully saturated rings. The summed E-state index contributed by atoms with van der Waals surface area (Å²) < 4.78 is 51.9. The minimum Gasteiger partial charge on any atom is -0.455 e. The van der Waals surface area contributed by atoms with E-state index in [-0.39, 0.29) is 36.7 Å². The molecule has 0 bridgehead atoms. The number of sulfonamides is 1. The predicted molar refractivity (Wildman–Crippen MR) is 133 cm³/mol. The first-order chi connectivity index (χ1) is 16.5. The monoisotopic (exact) mass is 502 g/mol. The molecule has 2 heterocycles. The van der Waals surface area contributed by atoms with Crippen LogP contribution in [0.2, 0.25) is 6.32 Å². The second-order valence-corrected chi connectivity index (χ2v) is 11.0. The molecule has 2 aromatic carbocycles. The second-order valence-electron chi connectivity index (χ2n) is 9.14. The SMILES string of the molecule is CNC(=O)c1c(-c2ccc(F)cc2)oc2cc(N(CC3COB(O)C3)S(C)(=O)=O)c(C(C)C)cc12. The van der Waals surface area contributed by atoms with E-state index in [1.54, 1.807) is 12.1 Å². The van der Waals surface area contributed by atoms with Gasteiger partial charge in [-0.1, -0.05) is 13.8 Å². The van der Waals surface area contributed by atoms with E-state index in [4.69, 9.17) is 9.07 Å². The summed E-state index contributed by atoms with van der Waals surface area (Å²) in [4.78, 5) is 12.9. The summed E-state index contributed by atoms with van der Waals surface area (Å²) in [7, 11) is -3.09. The first kappa shape index (κ1) is 25.2. The minimum atomic E-state index is -3.70. The van der Waals surface area contributed by atoms with Crippen molar-refractivity contribution in [1.29, 1.82) is 0 Å². The molecule has 0 spiro atoms. The van der Waals surface area contributed by atoms with E-state index in [1.807, 2.05) is 13.8 Å². The van der Waals surface area contributed by atoms with Crippen LogP contribution in [0.25, 0.3) is 22.3 Å². The summed E-state index contributed by atoms with van der Waals surface area (Å²) >= 11 is 0. The van der Waals surface area contributed by atoms with E-state index in [9.17, 15) is 22.6 Å². The molecule has 3 aromatic rings. The van der Waals surface area contributed by atoms with Gasteiger partial charge in [-0.05, 0) is 54.1 Å². The third kappa shape index (κ3) is 5.07. The fourth-order valence-electron chi connectivity index (χ4n) is 4.42. The Hall–Kier alpha value is -2.89. The van der Waals surface area contributed by atoms with Gasteiger partial charge in [0.05, 0.1) is 17.5 Å². The van der Waals surface area contributed by atoms with E-state index < -0.39 is 23.0 Å². The maximum Gasteiger partial charge on any atom is 0.454 e. The van der Waals surface area contributed by atoms with Crippen LogP contribution in [0.3, 0.4) is 0 Å². The smallest absolute Gasteiger partial charge is 0.454 e. The van der Waals surface area contributed by atoms with Gasteiger partial charge in [-0.3, -0.25) is 9.10 Å². The highest BCUT2D eigenvalue weighted by Gasteiger charge is 2.34. The summed E-state index contributed by atoms with van der Waals surface area (Å²) in [5, 5.41) is 12.9. The Kier molecular flexibility index (Phi) is 6.94. The van der Waals surface area contributed by atoms with Gasteiger partial charge in [-0.15, -0.1) is 0 Å². The molecule has 11 heteroatoms. The Morgan fingerprint density at radius 2 is 1.97 bits per heavy atom. The first-order valence-electron chi connectivity index (χ1n) is 11.4. The Morgan fingerprint density at radius 1 is 1.29 bits per heavy atom. The molecule has 1 aliphatic rings. The summed E-state index contributed by atoms with van der Waals surface area (Å²) in [6, 6.07) is 9.04. The molecule has 0 saturated carbocycles. The molecule has 186 valence electrons. The van der Waals surface area contributed by atoms with Crippen molar-refractivity contribution >= 4 is 39.7 Å². The van der Waals surface area contributed by atoms with Crippen LogP contribution in [0.4, 0.5) is 10.1 Å². The van der Waals surface area contributed by atoms with Gasteiger partial charge in [0.1, 0.15) is 17.2 Å². The van der Waals surface area contributed by atoms with Gasteiger partial charge in [-0.25, -0.2) is 12.8 Å². The molecular formula is C24H28BFN2O6S. The van der Waals surface area contributed by atoms with Crippen molar-refractivity contribution in [3.63, 3.8) is 0 Å². The normalized spacial score (nSPS) is 16.3. The number of rotatable bonds is 7. The van der Waals surface area contributed by atoms with Gasteiger partial charge < -0.3 is 19.4 Å². The topological polar surface area (TPSA) is 109 Å². The van der Waals surface area contributed by atoms with Crippen LogP contribution in [0, 0.1) is 11.7 Å². The lowest BCUT2D eigenvalue weighted by atomic mass is 9.82. The second kappa shape index (κ2) is 9.64. The number of nitrogens with one attached hydrogen (secondary N) is 1. The molecule has 1 amide bonds. The van der Waals surface area contributed by atoms with Crippen molar-refractivity contribution in [3.05, 3.63) is 53.3 Å². The fraction of sp³-hybridized carbons (Fsp3) is 0.375. The van der Waals surface area contributed by atoms with E-state index in [0.29, 0.717) is 34.1 Å².